The van der Waals surface area contributed by atoms with Gasteiger partial charge in [0.2, 0.25) is 0 Å². The molecule has 1 aromatic carbocycles. The summed E-state index contributed by atoms with van der Waals surface area (Å²) < 4.78 is 31.2. The average Bonchev–Trinajstić information content (AvgIpc) is 2.82. The summed E-state index contributed by atoms with van der Waals surface area (Å²) >= 11 is 0. The van der Waals surface area contributed by atoms with Gasteiger partial charge >= 0.3 is 6.61 Å². The fourth-order valence-electron chi connectivity index (χ4n) is 2.12. The quantitative estimate of drug-likeness (QED) is 0.884. The largest absolute Gasteiger partial charge is 0.434 e. The van der Waals surface area contributed by atoms with Crippen molar-refractivity contribution in [3.63, 3.8) is 0 Å². The van der Waals surface area contributed by atoms with Crippen molar-refractivity contribution in [2.45, 2.75) is 19.1 Å². The highest BCUT2D eigenvalue weighted by molar-refractivity contribution is 5.36. The van der Waals surface area contributed by atoms with Crippen LogP contribution in [0, 0.1) is 0 Å². The molecule has 0 spiro atoms. The zero-order valence-electron chi connectivity index (χ0n) is 11.4. The minimum atomic E-state index is -2.83. The molecule has 0 fully saturated rings. The Morgan fingerprint density at radius 2 is 2.05 bits per heavy atom. The van der Waals surface area contributed by atoms with E-state index in [-0.39, 0.29) is 11.8 Å². The molecule has 0 aliphatic rings. The number of ether oxygens (including phenoxy) is 1. The third kappa shape index (κ3) is 3.54. The van der Waals surface area contributed by atoms with Crippen molar-refractivity contribution in [2.24, 2.45) is 7.05 Å². The van der Waals surface area contributed by atoms with Gasteiger partial charge in [-0.2, -0.15) is 13.9 Å². The second kappa shape index (κ2) is 6.47. The highest BCUT2D eigenvalue weighted by atomic mass is 19.3. The normalized spacial score (nSPS) is 12.7. The summed E-state index contributed by atoms with van der Waals surface area (Å²) in [6.07, 6.45) is 2.45. The highest BCUT2D eigenvalue weighted by Crippen LogP contribution is 2.28. The first-order valence-electron chi connectivity index (χ1n) is 6.29. The number of rotatable bonds is 6. The first-order chi connectivity index (χ1) is 9.60. The molecule has 1 N–H and O–H groups in total. The Morgan fingerprint density at radius 3 is 2.65 bits per heavy atom. The predicted octanol–water partition coefficient (Wildman–Crippen LogP) is 2.52. The first-order valence-corrected chi connectivity index (χ1v) is 6.29. The van der Waals surface area contributed by atoms with E-state index in [4.69, 9.17) is 0 Å². The first kappa shape index (κ1) is 14.5. The van der Waals surface area contributed by atoms with Gasteiger partial charge in [-0.1, -0.05) is 18.2 Å². The van der Waals surface area contributed by atoms with Crippen molar-refractivity contribution in [3.8, 4) is 5.75 Å². The molecule has 1 unspecified atom stereocenters. The Kier molecular flexibility index (Phi) is 4.68. The molecular weight excluding hydrogens is 264 g/mol. The minimum absolute atomic E-state index is 0.139. The van der Waals surface area contributed by atoms with E-state index >= 15 is 0 Å². The molecule has 0 saturated heterocycles. The molecule has 0 saturated carbocycles. The maximum absolute atomic E-state index is 12.4. The van der Waals surface area contributed by atoms with Crippen LogP contribution >= 0.6 is 0 Å². The van der Waals surface area contributed by atoms with Crippen molar-refractivity contribution in [2.75, 3.05) is 7.05 Å². The van der Waals surface area contributed by atoms with Crippen molar-refractivity contribution in [1.82, 2.24) is 15.1 Å². The Morgan fingerprint density at radius 1 is 1.30 bits per heavy atom. The van der Waals surface area contributed by atoms with Crippen molar-refractivity contribution >= 4 is 0 Å². The number of aromatic nitrogens is 2. The molecule has 108 valence electrons. The van der Waals surface area contributed by atoms with E-state index in [1.165, 1.54) is 0 Å². The number of likely N-dealkylation sites (N-methyl/N-ethyl adjacent to an activating group) is 1. The van der Waals surface area contributed by atoms with Gasteiger partial charge in [0.1, 0.15) is 5.75 Å². The molecule has 0 aliphatic heterocycles. The summed E-state index contributed by atoms with van der Waals surface area (Å²) in [5.74, 6) is 0.192. The van der Waals surface area contributed by atoms with Crippen LogP contribution in [0.4, 0.5) is 8.78 Å². The second-order valence-corrected chi connectivity index (χ2v) is 4.44. The summed E-state index contributed by atoms with van der Waals surface area (Å²) in [6.45, 7) is -2.83. The van der Waals surface area contributed by atoms with Crippen LogP contribution < -0.4 is 10.1 Å². The number of aryl methyl sites for hydroxylation is 1. The number of para-hydroxylation sites is 1. The fourth-order valence-corrected chi connectivity index (χ4v) is 2.12. The summed E-state index contributed by atoms with van der Waals surface area (Å²) in [4.78, 5) is 0. The Hall–Kier alpha value is -1.95. The van der Waals surface area contributed by atoms with Crippen LogP contribution in [0.5, 0.6) is 5.75 Å². The van der Waals surface area contributed by atoms with Crippen LogP contribution in [0.1, 0.15) is 17.3 Å². The van der Waals surface area contributed by atoms with E-state index in [1.54, 1.807) is 36.0 Å². The average molecular weight is 281 g/mol. The monoisotopic (exact) mass is 281 g/mol. The smallest absolute Gasteiger partial charge is 0.387 e. The third-order valence-electron chi connectivity index (χ3n) is 3.04. The van der Waals surface area contributed by atoms with Crippen LogP contribution in [0.15, 0.2) is 36.5 Å². The molecular formula is C14H17F2N3O. The van der Waals surface area contributed by atoms with Gasteiger partial charge in [0.15, 0.2) is 0 Å². The Labute approximate surface area is 116 Å². The molecule has 0 aliphatic carbocycles. The lowest BCUT2D eigenvalue weighted by Crippen LogP contribution is -2.20. The lowest BCUT2D eigenvalue weighted by molar-refractivity contribution is -0.0507. The van der Waals surface area contributed by atoms with Gasteiger partial charge in [0.05, 0.1) is 5.69 Å². The minimum Gasteiger partial charge on any atom is -0.434 e. The lowest BCUT2D eigenvalue weighted by atomic mass is 10.0. The van der Waals surface area contributed by atoms with E-state index in [0.717, 1.165) is 5.69 Å². The van der Waals surface area contributed by atoms with Gasteiger partial charge in [-0.05, 0) is 19.2 Å². The molecule has 2 aromatic rings. The van der Waals surface area contributed by atoms with Gasteiger partial charge in [0, 0.05) is 31.3 Å². The zero-order valence-corrected chi connectivity index (χ0v) is 11.4. The molecule has 6 heteroatoms. The molecule has 1 aromatic heterocycles. The van der Waals surface area contributed by atoms with Gasteiger partial charge in [-0.15, -0.1) is 0 Å². The van der Waals surface area contributed by atoms with E-state index in [0.29, 0.717) is 12.0 Å². The molecule has 2 rings (SSSR count). The van der Waals surface area contributed by atoms with E-state index in [1.807, 2.05) is 19.3 Å². The molecule has 1 atom stereocenters. The number of hydrogen-bond donors (Lipinski definition) is 1. The fraction of sp³-hybridized carbons (Fsp3) is 0.357. The maximum Gasteiger partial charge on any atom is 0.387 e. The number of nitrogens with zero attached hydrogens (tertiary/aromatic N) is 2. The molecule has 0 bridgehead atoms. The van der Waals surface area contributed by atoms with Crippen LogP contribution in [-0.2, 0) is 13.5 Å². The molecule has 0 amide bonds. The summed E-state index contributed by atoms with van der Waals surface area (Å²) in [5.41, 5.74) is 1.58. The highest BCUT2D eigenvalue weighted by Gasteiger charge is 2.18. The standard InChI is InChI=1S/C14H17F2N3O/c1-17-12(9-10-7-8-19(2)18-10)11-5-3-4-6-13(11)20-14(15)16/h3-8,12,14,17H,9H2,1-2H3. The van der Waals surface area contributed by atoms with Gasteiger partial charge in [-0.3, -0.25) is 4.68 Å². The van der Waals surface area contributed by atoms with Crippen molar-refractivity contribution in [1.29, 1.82) is 0 Å². The van der Waals surface area contributed by atoms with Gasteiger partial charge in [0.25, 0.3) is 0 Å². The van der Waals surface area contributed by atoms with E-state index < -0.39 is 6.61 Å². The second-order valence-electron chi connectivity index (χ2n) is 4.44. The maximum atomic E-state index is 12.4. The van der Waals surface area contributed by atoms with Crippen LogP contribution in [0.25, 0.3) is 0 Å². The van der Waals surface area contributed by atoms with Crippen LogP contribution in [0.2, 0.25) is 0 Å². The van der Waals surface area contributed by atoms with Gasteiger partial charge in [-0.25, -0.2) is 0 Å². The van der Waals surface area contributed by atoms with Crippen molar-refractivity contribution < 1.29 is 13.5 Å². The van der Waals surface area contributed by atoms with E-state index in [9.17, 15) is 8.78 Å². The zero-order chi connectivity index (χ0) is 14.5. The van der Waals surface area contributed by atoms with Crippen molar-refractivity contribution in [3.05, 3.63) is 47.8 Å². The van der Waals surface area contributed by atoms with Gasteiger partial charge < -0.3 is 10.1 Å². The Balaban J connectivity index is 2.22. The number of halogens is 2. The third-order valence-corrected chi connectivity index (χ3v) is 3.04. The summed E-state index contributed by atoms with van der Waals surface area (Å²) in [5, 5.41) is 7.42. The molecule has 4 nitrogen and oxygen atoms in total. The predicted molar refractivity (Wildman–Crippen MR) is 71.8 cm³/mol. The Bertz CT molecular complexity index is 557. The SMILES string of the molecule is CNC(Cc1ccn(C)n1)c1ccccc1OC(F)F. The summed E-state index contributed by atoms with van der Waals surface area (Å²) in [6, 6.07) is 8.57. The van der Waals surface area contributed by atoms with E-state index in [2.05, 4.69) is 15.2 Å². The summed E-state index contributed by atoms with van der Waals surface area (Å²) in [7, 11) is 3.62. The molecule has 0 radical (unpaired) electrons. The van der Waals surface area contributed by atoms with Crippen LogP contribution in [0.3, 0.4) is 0 Å². The molecule has 20 heavy (non-hydrogen) atoms. The van der Waals surface area contributed by atoms with Crippen LogP contribution in [-0.4, -0.2) is 23.4 Å². The topological polar surface area (TPSA) is 39.1 Å². The number of benzene rings is 1. The number of alkyl halides is 2. The number of hydrogen-bond acceptors (Lipinski definition) is 3. The molecule has 1 heterocycles. The number of nitrogens with one attached hydrogen (secondary N) is 1. The lowest BCUT2D eigenvalue weighted by Gasteiger charge is -2.19.